The van der Waals surface area contributed by atoms with Crippen LogP contribution in [-0.4, -0.2) is 30.6 Å². The lowest BCUT2D eigenvalue weighted by Crippen LogP contribution is -2.68. The van der Waals surface area contributed by atoms with E-state index in [4.69, 9.17) is 4.74 Å². The number of hydrogen-bond acceptors (Lipinski definition) is 4. The lowest BCUT2D eigenvalue weighted by molar-refractivity contribution is -0.217. The fraction of sp³-hybridized carbons (Fsp3) is 0.628. The Balaban J connectivity index is 1.24. The summed E-state index contributed by atoms with van der Waals surface area (Å²) in [5, 5.41) is 0. The van der Waals surface area contributed by atoms with Crippen molar-refractivity contribution in [3.63, 3.8) is 0 Å². The lowest BCUT2D eigenvalue weighted by Gasteiger charge is -2.73. The SMILES string of the molecule is C=C(C)[C@@H]1CC[C@]2(N(C)c3ccnc(F)c3)CC[C@]3(C)[C@H](CC[C@@H]4[C@@]5(C)CC=C(c6ccc(C(=O)OC)cc6)C(C)(C)[C@@H]5CC[C@]43C)[C@@H]12. The van der Waals surface area contributed by atoms with Crippen molar-refractivity contribution < 1.29 is 13.9 Å². The van der Waals surface area contributed by atoms with Gasteiger partial charge in [-0.15, -0.1) is 0 Å². The Morgan fingerprint density at radius 3 is 2.33 bits per heavy atom. The zero-order valence-electron chi connectivity index (χ0n) is 30.7. The number of nitrogens with zero attached hydrogens (tertiary/aromatic N) is 2. The zero-order chi connectivity index (χ0) is 34.4. The molecule has 0 spiro atoms. The average Bonchev–Trinajstić information content (AvgIpc) is 3.45. The topological polar surface area (TPSA) is 42.4 Å². The maximum Gasteiger partial charge on any atom is 0.337 e. The van der Waals surface area contributed by atoms with Crippen molar-refractivity contribution >= 4 is 17.2 Å². The number of carbonyl (C=O) groups excluding carboxylic acids is 1. The van der Waals surface area contributed by atoms with Crippen LogP contribution >= 0.6 is 0 Å². The summed E-state index contributed by atoms with van der Waals surface area (Å²) >= 11 is 0. The number of hydrogen-bond donors (Lipinski definition) is 0. The molecule has 7 rings (SSSR count). The van der Waals surface area contributed by atoms with Gasteiger partial charge in [-0.3, -0.25) is 0 Å². The summed E-state index contributed by atoms with van der Waals surface area (Å²) in [6.45, 7) is 19.8. The van der Waals surface area contributed by atoms with Gasteiger partial charge in [0.1, 0.15) is 0 Å². The van der Waals surface area contributed by atoms with Gasteiger partial charge in [-0.25, -0.2) is 9.78 Å². The molecular weight excluding hydrogens is 595 g/mol. The molecule has 1 aromatic carbocycles. The van der Waals surface area contributed by atoms with E-state index in [0.29, 0.717) is 35.2 Å². The molecule has 0 N–H and O–H groups in total. The van der Waals surface area contributed by atoms with Crippen LogP contribution in [0, 0.1) is 57.2 Å². The van der Waals surface area contributed by atoms with Gasteiger partial charge in [0, 0.05) is 30.5 Å². The van der Waals surface area contributed by atoms with E-state index in [1.807, 2.05) is 18.2 Å². The van der Waals surface area contributed by atoms with Crippen LogP contribution < -0.4 is 4.90 Å². The summed E-state index contributed by atoms with van der Waals surface area (Å²) in [7, 11) is 3.66. The lowest BCUT2D eigenvalue weighted by atomic mass is 9.33. The van der Waals surface area contributed by atoms with Gasteiger partial charge in [-0.05, 0) is 145 Å². The number of pyridine rings is 1. The third-order valence-corrected chi connectivity index (χ3v) is 16.0. The molecule has 5 aliphatic carbocycles. The molecule has 1 aromatic heterocycles. The largest absolute Gasteiger partial charge is 0.465 e. The quantitative estimate of drug-likeness (QED) is 0.183. The van der Waals surface area contributed by atoms with E-state index in [0.717, 1.165) is 24.9 Å². The highest BCUT2D eigenvalue weighted by Gasteiger charge is 2.71. The minimum Gasteiger partial charge on any atom is -0.465 e. The third kappa shape index (κ3) is 4.50. The van der Waals surface area contributed by atoms with Crippen LogP contribution in [0.3, 0.4) is 0 Å². The van der Waals surface area contributed by atoms with E-state index < -0.39 is 5.95 Å². The Kier molecular flexibility index (Phi) is 7.89. The predicted octanol–water partition coefficient (Wildman–Crippen LogP) is 10.5. The number of methoxy groups -OCH3 is 1. The van der Waals surface area contributed by atoms with Crippen LogP contribution in [-0.2, 0) is 4.74 Å². The first-order valence-corrected chi connectivity index (χ1v) is 18.5. The molecule has 4 saturated carbocycles. The van der Waals surface area contributed by atoms with Crippen molar-refractivity contribution in [2.45, 2.75) is 105 Å². The summed E-state index contributed by atoms with van der Waals surface area (Å²) < 4.78 is 19.4. The van der Waals surface area contributed by atoms with Crippen molar-refractivity contribution in [3.8, 4) is 0 Å². The van der Waals surface area contributed by atoms with Crippen molar-refractivity contribution in [2.24, 2.45) is 51.2 Å². The van der Waals surface area contributed by atoms with Crippen LogP contribution in [0.2, 0.25) is 0 Å². The first-order valence-electron chi connectivity index (χ1n) is 18.5. The molecule has 0 radical (unpaired) electrons. The molecule has 0 amide bonds. The highest BCUT2D eigenvalue weighted by atomic mass is 19.1. The molecule has 0 aliphatic heterocycles. The van der Waals surface area contributed by atoms with E-state index in [2.05, 4.69) is 83.3 Å². The minimum absolute atomic E-state index is 0.0137. The number of halogens is 1. The van der Waals surface area contributed by atoms with Crippen molar-refractivity contribution in [1.29, 1.82) is 0 Å². The fourth-order valence-corrected chi connectivity index (χ4v) is 13.5. The van der Waals surface area contributed by atoms with Crippen LogP contribution in [0.15, 0.2) is 60.8 Å². The van der Waals surface area contributed by atoms with E-state index in [1.54, 1.807) is 12.3 Å². The molecule has 4 nitrogen and oxygen atoms in total. The number of rotatable bonds is 5. The molecule has 48 heavy (non-hydrogen) atoms. The van der Waals surface area contributed by atoms with Crippen LogP contribution in [0.5, 0.6) is 0 Å². The molecule has 5 aliphatic rings. The summed E-state index contributed by atoms with van der Waals surface area (Å²) in [5.74, 6) is 2.20. The summed E-state index contributed by atoms with van der Waals surface area (Å²) in [6, 6.07) is 11.7. The van der Waals surface area contributed by atoms with Gasteiger partial charge in [0.15, 0.2) is 0 Å². The highest BCUT2D eigenvalue weighted by Crippen LogP contribution is 2.77. The van der Waals surface area contributed by atoms with Gasteiger partial charge in [0.25, 0.3) is 0 Å². The molecule has 2 aromatic rings. The number of anilines is 1. The monoisotopic (exact) mass is 652 g/mol. The minimum atomic E-state index is -0.397. The van der Waals surface area contributed by atoms with Gasteiger partial charge < -0.3 is 9.64 Å². The number of benzene rings is 1. The first-order chi connectivity index (χ1) is 22.6. The van der Waals surface area contributed by atoms with Gasteiger partial charge in [0.05, 0.1) is 12.7 Å². The van der Waals surface area contributed by atoms with Crippen molar-refractivity contribution in [1.82, 2.24) is 4.98 Å². The second-order valence-electron chi connectivity index (χ2n) is 17.8. The summed E-state index contributed by atoms with van der Waals surface area (Å²) in [5.41, 5.74) is 6.30. The molecule has 1 heterocycles. The van der Waals surface area contributed by atoms with Gasteiger partial charge in [-0.1, -0.05) is 65.0 Å². The van der Waals surface area contributed by atoms with E-state index in [9.17, 15) is 9.18 Å². The Morgan fingerprint density at radius 1 is 0.938 bits per heavy atom. The maximum atomic E-state index is 14.4. The second kappa shape index (κ2) is 11.3. The average molecular weight is 653 g/mol. The Labute approximate surface area is 288 Å². The van der Waals surface area contributed by atoms with Gasteiger partial charge >= 0.3 is 5.97 Å². The predicted molar refractivity (Wildman–Crippen MR) is 193 cm³/mol. The molecule has 4 fully saturated rings. The van der Waals surface area contributed by atoms with E-state index in [-0.39, 0.29) is 33.2 Å². The molecule has 0 unspecified atom stereocenters. The first kappa shape index (κ1) is 33.5. The number of carbonyl (C=O) groups is 1. The fourth-order valence-electron chi connectivity index (χ4n) is 13.5. The maximum absolute atomic E-state index is 14.4. The molecule has 9 atom stereocenters. The van der Waals surface area contributed by atoms with Gasteiger partial charge in [-0.2, -0.15) is 4.39 Å². The summed E-state index contributed by atoms with van der Waals surface area (Å²) in [6.07, 6.45) is 15.0. The molecular formula is C43H57FN2O2. The zero-order valence-corrected chi connectivity index (χ0v) is 30.7. The normalized spacial score (nSPS) is 39.6. The van der Waals surface area contributed by atoms with Crippen LogP contribution in [0.4, 0.5) is 10.1 Å². The molecule has 0 saturated heterocycles. The Morgan fingerprint density at radius 2 is 1.67 bits per heavy atom. The summed E-state index contributed by atoms with van der Waals surface area (Å²) in [4.78, 5) is 18.5. The number of aromatic nitrogens is 1. The molecule has 0 bridgehead atoms. The third-order valence-electron chi connectivity index (χ3n) is 16.0. The number of ether oxygens (including phenoxy) is 1. The standard InChI is InChI=1S/C43H57FN2O2/c1-27(2)31-16-22-43(46(8)30-19-25-45-36(44)26-30)24-23-41(6)33(37(31)43)14-15-35-40(5)20-17-32(28-10-12-29(13-11-28)38(47)48-9)39(3,4)34(40)18-21-42(35,41)7/h10-13,17,19,25-26,31,33-35,37H,1,14-16,18,20-24H2,2-9H3/t31-,33+,34-,35+,37+,40-,41+,42+,43-/m0/s1. The number of fused-ring (bicyclic) bond motifs is 7. The second-order valence-corrected chi connectivity index (χ2v) is 17.8. The number of esters is 1. The highest BCUT2D eigenvalue weighted by molar-refractivity contribution is 5.90. The number of allylic oxidation sites excluding steroid dienone is 3. The van der Waals surface area contributed by atoms with Crippen molar-refractivity contribution in [2.75, 3.05) is 19.1 Å². The van der Waals surface area contributed by atoms with Crippen LogP contribution in [0.1, 0.15) is 115 Å². The smallest absolute Gasteiger partial charge is 0.337 e. The van der Waals surface area contributed by atoms with Crippen molar-refractivity contribution in [3.05, 3.63) is 77.9 Å². The van der Waals surface area contributed by atoms with E-state index >= 15 is 0 Å². The Hall–Kier alpha value is -2.95. The van der Waals surface area contributed by atoms with E-state index in [1.165, 1.54) is 62.3 Å². The molecule has 258 valence electrons. The molecule has 5 heteroatoms. The van der Waals surface area contributed by atoms with Gasteiger partial charge in [0.2, 0.25) is 5.95 Å². The van der Waals surface area contributed by atoms with Crippen LogP contribution in [0.25, 0.3) is 5.57 Å². The Bertz CT molecular complexity index is 1650.